The second-order valence-corrected chi connectivity index (χ2v) is 8.84. The predicted octanol–water partition coefficient (Wildman–Crippen LogP) is 5.18. The molecular formula is C24H31N5. The summed E-state index contributed by atoms with van der Waals surface area (Å²) in [5.74, 6) is 1.83. The number of aromatic nitrogens is 3. The van der Waals surface area contributed by atoms with Crippen molar-refractivity contribution in [2.45, 2.75) is 57.3 Å². The van der Waals surface area contributed by atoms with Gasteiger partial charge in [-0.05, 0) is 44.2 Å². The van der Waals surface area contributed by atoms with Gasteiger partial charge < -0.3 is 15.2 Å². The fraction of sp³-hybridized carbons (Fsp3) is 0.500. The Morgan fingerprint density at radius 1 is 1.00 bits per heavy atom. The first-order chi connectivity index (χ1) is 14.2. The molecule has 2 fully saturated rings. The summed E-state index contributed by atoms with van der Waals surface area (Å²) in [5, 5.41) is 4.88. The summed E-state index contributed by atoms with van der Waals surface area (Å²) in [4.78, 5) is 15.6. The highest BCUT2D eigenvalue weighted by atomic mass is 15.3. The summed E-state index contributed by atoms with van der Waals surface area (Å²) in [5.41, 5.74) is 3.73. The lowest BCUT2D eigenvalue weighted by molar-refractivity contribution is 0.308. The molecule has 2 aromatic heterocycles. The zero-order chi connectivity index (χ0) is 19.7. The molecule has 0 bridgehead atoms. The quantitative estimate of drug-likeness (QED) is 0.631. The standard InChI is InChI=1S/C24H31N5/c1-18-16-20-21(27-23(28-22(20)26-18)29-14-8-9-15-29)25-17-24(12-6-3-7-13-24)19-10-4-2-5-11-19/h2,4-5,10-11,16H,3,6-9,12-15,17H2,1H3,(H2,25,26,27,28). The van der Waals surface area contributed by atoms with E-state index < -0.39 is 0 Å². The molecule has 1 aromatic carbocycles. The molecule has 1 saturated heterocycles. The highest BCUT2D eigenvalue weighted by Gasteiger charge is 2.34. The Balaban J connectivity index is 1.48. The molecule has 0 radical (unpaired) electrons. The Morgan fingerprint density at radius 3 is 2.52 bits per heavy atom. The van der Waals surface area contributed by atoms with E-state index in [0.29, 0.717) is 0 Å². The van der Waals surface area contributed by atoms with Crippen LogP contribution in [-0.4, -0.2) is 34.6 Å². The van der Waals surface area contributed by atoms with Gasteiger partial charge in [0.25, 0.3) is 0 Å². The molecular weight excluding hydrogens is 358 g/mol. The SMILES string of the molecule is Cc1cc2c(NCC3(c4ccccc4)CCCCC3)nc(N3CCCC3)nc2[nH]1. The van der Waals surface area contributed by atoms with Crippen LogP contribution in [-0.2, 0) is 5.41 Å². The molecule has 0 amide bonds. The second-order valence-electron chi connectivity index (χ2n) is 8.84. The molecule has 3 heterocycles. The number of benzene rings is 1. The van der Waals surface area contributed by atoms with E-state index in [0.717, 1.165) is 48.1 Å². The minimum absolute atomic E-state index is 0.190. The smallest absolute Gasteiger partial charge is 0.229 e. The van der Waals surface area contributed by atoms with Crippen molar-refractivity contribution in [2.24, 2.45) is 0 Å². The van der Waals surface area contributed by atoms with Gasteiger partial charge in [0.15, 0.2) is 0 Å². The summed E-state index contributed by atoms with van der Waals surface area (Å²) in [6, 6.07) is 13.2. The van der Waals surface area contributed by atoms with Gasteiger partial charge in [-0.1, -0.05) is 49.6 Å². The summed E-state index contributed by atoms with van der Waals surface area (Å²) in [7, 11) is 0. The van der Waals surface area contributed by atoms with Gasteiger partial charge >= 0.3 is 0 Å². The molecule has 0 atom stereocenters. The number of aromatic amines is 1. The molecule has 5 nitrogen and oxygen atoms in total. The van der Waals surface area contributed by atoms with Crippen LogP contribution in [0.1, 0.15) is 56.2 Å². The fourth-order valence-corrected chi connectivity index (χ4v) is 5.16. The average molecular weight is 390 g/mol. The van der Waals surface area contributed by atoms with Crippen molar-refractivity contribution >= 4 is 22.8 Å². The Morgan fingerprint density at radius 2 is 1.76 bits per heavy atom. The van der Waals surface area contributed by atoms with Gasteiger partial charge in [-0.25, -0.2) is 0 Å². The second kappa shape index (κ2) is 7.69. The van der Waals surface area contributed by atoms with Crippen LogP contribution in [0.15, 0.2) is 36.4 Å². The summed E-state index contributed by atoms with van der Waals surface area (Å²) in [6.45, 7) is 5.12. The van der Waals surface area contributed by atoms with E-state index in [9.17, 15) is 0 Å². The van der Waals surface area contributed by atoms with Crippen LogP contribution in [0.2, 0.25) is 0 Å². The van der Waals surface area contributed by atoms with E-state index in [-0.39, 0.29) is 5.41 Å². The Labute approximate surface area is 172 Å². The van der Waals surface area contributed by atoms with Crippen LogP contribution in [0.3, 0.4) is 0 Å². The average Bonchev–Trinajstić information content (AvgIpc) is 3.42. The number of hydrogen-bond acceptors (Lipinski definition) is 4. The van der Waals surface area contributed by atoms with Crippen molar-refractivity contribution in [3.05, 3.63) is 47.7 Å². The highest BCUT2D eigenvalue weighted by Crippen LogP contribution is 2.40. The predicted molar refractivity (Wildman–Crippen MR) is 120 cm³/mol. The topological polar surface area (TPSA) is 56.8 Å². The van der Waals surface area contributed by atoms with E-state index in [1.54, 1.807) is 0 Å². The molecule has 1 aliphatic carbocycles. The largest absolute Gasteiger partial charge is 0.368 e. The van der Waals surface area contributed by atoms with Crippen molar-refractivity contribution in [2.75, 3.05) is 29.9 Å². The number of aryl methyl sites for hydroxylation is 1. The third-order valence-corrected chi connectivity index (χ3v) is 6.79. The van der Waals surface area contributed by atoms with Crippen LogP contribution in [0.5, 0.6) is 0 Å². The van der Waals surface area contributed by atoms with Crippen molar-refractivity contribution in [3.8, 4) is 0 Å². The molecule has 1 aliphatic heterocycles. The van der Waals surface area contributed by atoms with Crippen LogP contribution >= 0.6 is 0 Å². The normalized spacial score (nSPS) is 19.0. The maximum absolute atomic E-state index is 4.99. The molecule has 0 unspecified atom stereocenters. The molecule has 2 N–H and O–H groups in total. The van der Waals surface area contributed by atoms with Gasteiger partial charge in [0.1, 0.15) is 11.5 Å². The molecule has 152 valence electrons. The summed E-state index contributed by atoms with van der Waals surface area (Å²) >= 11 is 0. The van der Waals surface area contributed by atoms with Gasteiger partial charge in [-0.3, -0.25) is 0 Å². The van der Waals surface area contributed by atoms with Gasteiger partial charge in [0.05, 0.1) is 5.39 Å². The summed E-state index contributed by atoms with van der Waals surface area (Å²) < 4.78 is 0. The van der Waals surface area contributed by atoms with E-state index in [1.165, 1.54) is 50.5 Å². The number of fused-ring (bicyclic) bond motifs is 1. The van der Waals surface area contributed by atoms with Crippen molar-refractivity contribution in [1.29, 1.82) is 0 Å². The zero-order valence-electron chi connectivity index (χ0n) is 17.4. The van der Waals surface area contributed by atoms with E-state index in [2.05, 4.69) is 58.5 Å². The van der Waals surface area contributed by atoms with Gasteiger partial charge in [-0.15, -0.1) is 0 Å². The minimum Gasteiger partial charge on any atom is -0.368 e. The van der Waals surface area contributed by atoms with Crippen molar-refractivity contribution < 1.29 is 0 Å². The molecule has 2 aliphatic rings. The molecule has 1 saturated carbocycles. The third kappa shape index (κ3) is 3.59. The monoisotopic (exact) mass is 389 g/mol. The zero-order valence-corrected chi connectivity index (χ0v) is 17.4. The Hall–Kier alpha value is -2.56. The maximum Gasteiger partial charge on any atom is 0.229 e. The lowest BCUT2D eigenvalue weighted by Crippen LogP contribution is -2.36. The first kappa shape index (κ1) is 18.5. The number of anilines is 2. The highest BCUT2D eigenvalue weighted by molar-refractivity contribution is 5.89. The number of nitrogens with one attached hydrogen (secondary N) is 2. The Bertz CT molecular complexity index is 966. The van der Waals surface area contributed by atoms with Gasteiger partial charge in [0.2, 0.25) is 5.95 Å². The lowest BCUT2D eigenvalue weighted by atomic mass is 9.69. The van der Waals surface area contributed by atoms with Crippen LogP contribution in [0, 0.1) is 6.92 Å². The lowest BCUT2D eigenvalue weighted by Gasteiger charge is -2.38. The fourth-order valence-electron chi connectivity index (χ4n) is 5.16. The molecule has 0 spiro atoms. The molecule has 5 heteroatoms. The van der Waals surface area contributed by atoms with Gasteiger partial charge in [-0.2, -0.15) is 9.97 Å². The molecule has 3 aromatic rings. The van der Waals surface area contributed by atoms with Crippen LogP contribution in [0.25, 0.3) is 11.0 Å². The first-order valence-corrected chi connectivity index (χ1v) is 11.2. The minimum atomic E-state index is 0.190. The van der Waals surface area contributed by atoms with E-state index in [4.69, 9.17) is 9.97 Å². The van der Waals surface area contributed by atoms with Crippen molar-refractivity contribution in [3.63, 3.8) is 0 Å². The number of rotatable bonds is 5. The van der Waals surface area contributed by atoms with E-state index >= 15 is 0 Å². The Kier molecular flexibility index (Phi) is 4.90. The van der Waals surface area contributed by atoms with Crippen LogP contribution < -0.4 is 10.2 Å². The number of H-pyrrole nitrogens is 1. The maximum atomic E-state index is 4.99. The van der Waals surface area contributed by atoms with Gasteiger partial charge in [0, 0.05) is 30.7 Å². The molecule has 5 rings (SSSR count). The third-order valence-electron chi connectivity index (χ3n) is 6.79. The first-order valence-electron chi connectivity index (χ1n) is 11.2. The number of nitrogens with zero attached hydrogens (tertiary/aromatic N) is 3. The van der Waals surface area contributed by atoms with Crippen LogP contribution in [0.4, 0.5) is 11.8 Å². The van der Waals surface area contributed by atoms with E-state index in [1.807, 2.05) is 0 Å². The van der Waals surface area contributed by atoms with Crippen molar-refractivity contribution in [1.82, 2.24) is 15.0 Å². The summed E-state index contributed by atoms with van der Waals surface area (Å²) in [6.07, 6.45) is 8.89. The number of hydrogen-bond donors (Lipinski definition) is 2. The molecule has 29 heavy (non-hydrogen) atoms.